The number of benzene rings is 2. The van der Waals surface area contributed by atoms with Crippen molar-refractivity contribution in [1.82, 2.24) is 5.32 Å². The molecule has 0 saturated carbocycles. The number of furan rings is 1. The van der Waals surface area contributed by atoms with Crippen LogP contribution in [0.5, 0.6) is 0 Å². The molecule has 2 heterocycles. The van der Waals surface area contributed by atoms with E-state index in [1.165, 1.54) is 23.9 Å². The van der Waals surface area contributed by atoms with E-state index in [1.807, 2.05) is 31.2 Å². The first-order chi connectivity index (χ1) is 14.0. The molecule has 0 bridgehead atoms. The Morgan fingerprint density at radius 3 is 2.48 bits per heavy atom. The summed E-state index contributed by atoms with van der Waals surface area (Å²) in [5.41, 5.74) is 2.73. The average molecular weight is 403 g/mol. The summed E-state index contributed by atoms with van der Waals surface area (Å²) in [5, 5.41) is 14.1. The normalized spacial score (nSPS) is 16.4. The van der Waals surface area contributed by atoms with Crippen LogP contribution in [-0.2, 0) is 4.79 Å². The highest BCUT2D eigenvalue weighted by atomic mass is 32.2. The van der Waals surface area contributed by atoms with Gasteiger partial charge in [-0.05, 0) is 48.5 Å². The van der Waals surface area contributed by atoms with Gasteiger partial charge in [0.05, 0.1) is 16.6 Å². The van der Waals surface area contributed by atoms with E-state index in [1.54, 1.807) is 30.3 Å². The summed E-state index contributed by atoms with van der Waals surface area (Å²) in [6.07, 6.45) is 1.65. The number of amidine groups is 1. The predicted octanol–water partition coefficient (Wildman–Crippen LogP) is 3.51. The molecule has 1 aromatic heterocycles. The summed E-state index contributed by atoms with van der Waals surface area (Å²) >= 11 is 1.24. The van der Waals surface area contributed by atoms with Gasteiger partial charge in [0.2, 0.25) is 0 Å². The average Bonchev–Trinajstić information content (AvgIpc) is 3.31. The number of aliphatic imine (C=N–C) groups is 1. The van der Waals surface area contributed by atoms with E-state index in [0.717, 1.165) is 16.8 Å². The molecule has 7 heteroatoms. The van der Waals surface area contributed by atoms with Crippen molar-refractivity contribution in [2.24, 2.45) is 4.99 Å². The molecule has 1 aliphatic heterocycles. The molecule has 3 aromatic rings. The monoisotopic (exact) mass is 403 g/mol. The molecule has 0 radical (unpaired) electrons. The highest BCUT2D eigenvalue weighted by Crippen LogP contribution is 2.30. The van der Waals surface area contributed by atoms with Crippen LogP contribution in [-0.4, -0.2) is 17.0 Å². The molecule has 0 spiro atoms. The van der Waals surface area contributed by atoms with E-state index in [9.17, 15) is 14.7 Å². The maximum atomic E-state index is 12.2. The summed E-state index contributed by atoms with van der Waals surface area (Å²) in [4.78, 5) is 28.0. The fourth-order valence-corrected chi connectivity index (χ4v) is 3.52. The van der Waals surface area contributed by atoms with Gasteiger partial charge in [-0.15, -0.1) is 0 Å². The molecule has 1 N–H and O–H groups in total. The van der Waals surface area contributed by atoms with Crippen LogP contribution >= 0.6 is 11.8 Å². The maximum absolute atomic E-state index is 12.2. The molecule has 4 rings (SSSR count). The second kappa shape index (κ2) is 7.81. The molecular formula is C22H15N2O4S-. The minimum atomic E-state index is -1.23. The summed E-state index contributed by atoms with van der Waals surface area (Å²) in [6.45, 7) is 2.00. The minimum absolute atomic E-state index is 0.0991. The van der Waals surface area contributed by atoms with Crippen LogP contribution in [0, 0.1) is 6.92 Å². The smallest absolute Gasteiger partial charge is 0.264 e. The fourth-order valence-electron chi connectivity index (χ4n) is 2.70. The fraction of sp³-hybridized carbons (Fsp3) is 0.0455. The third kappa shape index (κ3) is 4.30. The standard InChI is InChI=1S/C22H16N2O4S/c1-13-2-8-16(9-3-13)23-22-24-20(25)19(29-22)12-17-10-11-18(28-17)14-4-6-15(7-5-14)21(26)27/h2-12H,1H3,(H,26,27)(H,23,24,25)/p-1/b19-12+. The van der Waals surface area contributed by atoms with Gasteiger partial charge in [0.15, 0.2) is 5.17 Å². The van der Waals surface area contributed by atoms with Gasteiger partial charge in [0.1, 0.15) is 11.5 Å². The van der Waals surface area contributed by atoms with Crippen molar-refractivity contribution < 1.29 is 19.1 Å². The largest absolute Gasteiger partial charge is 0.545 e. The Morgan fingerprint density at radius 1 is 1.07 bits per heavy atom. The molecule has 0 unspecified atom stereocenters. The van der Waals surface area contributed by atoms with Crippen molar-refractivity contribution in [3.63, 3.8) is 0 Å². The number of thioether (sulfide) groups is 1. The number of nitrogens with one attached hydrogen (secondary N) is 1. The van der Waals surface area contributed by atoms with E-state index < -0.39 is 5.97 Å². The summed E-state index contributed by atoms with van der Waals surface area (Å²) in [6, 6.07) is 17.4. The number of carboxylic acid groups (broad SMARTS) is 1. The van der Waals surface area contributed by atoms with Gasteiger partial charge in [0, 0.05) is 11.6 Å². The van der Waals surface area contributed by atoms with Gasteiger partial charge in [-0.3, -0.25) is 4.79 Å². The minimum Gasteiger partial charge on any atom is -0.545 e. The lowest BCUT2D eigenvalue weighted by Gasteiger charge is -2.02. The number of carboxylic acids is 1. The molecule has 29 heavy (non-hydrogen) atoms. The van der Waals surface area contributed by atoms with Gasteiger partial charge in [-0.2, -0.15) is 0 Å². The van der Waals surface area contributed by atoms with Gasteiger partial charge < -0.3 is 19.6 Å². The Bertz CT molecular complexity index is 1140. The first-order valence-corrected chi connectivity index (χ1v) is 9.57. The van der Waals surface area contributed by atoms with Crippen molar-refractivity contribution in [1.29, 1.82) is 0 Å². The van der Waals surface area contributed by atoms with Gasteiger partial charge in [0.25, 0.3) is 5.91 Å². The first kappa shape index (κ1) is 18.8. The van der Waals surface area contributed by atoms with Crippen molar-refractivity contribution >= 4 is 40.6 Å². The quantitative estimate of drug-likeness (QED) is 0.673. The zero-order valence-corrected chi connectivity index (χ0v) is 16.2. The lowest BCUT2D eigenvalue weighted by Crippen LogP contribution is -2.21. The topological polar surface area (TPSA) is 94.7 Å². The van der Waals surface area contributed by atoms with Crippen molar-refractivity contribution in [3.05, 3.63) is 82.5 Å². The highest BCUT2D eigenvalue weighted by Gasteiger charge is 2.24. The lowest BCUT2D eigenvalue weighted by atomic mass is 10.1. The summed E-state index contributed by atoms with van der Waals surface area (Å²) < 4.78 is 5.77. The number of amides is 1. The van der Waals surface area contributed by atoms with Crippen molar-refractivity contribution in [3.8, 4) is 11.3 Å². The predicted molar refractivity (Wildman–Crippen MR) is 110 cm³/mol. The van der Waals surface area contributed by atoms with E-state index in [0.29, 0.717) is 21.6 Å². The van der Waals surface area contributed by atoms with E-state index >= 15 is 0 Å². The van der Waals surface area contributed by atoms with Crippen LogP contribution in [0.2, 0.25) is 0 Å². The molecule has 6 nitrogen and oxygen atoms in total. The molecule has 0 atom stereocenters. The SMILES string of the molecule is Cc1ccc(N=C2NC(=O)/C(=C\c3ccc(-c4ccc(C(=O)[O-])cc4)o3)S2)cc1. The van der Waals surface area contributed by atoms with Crippen molar-refractivity contribution in [2.75, 3.05) is 0 Å². The number of nitrogens with zero attached hydrogens (tertiary/aromatic N) is 1. The Kier molecular flexibility index (Phi) is 5.05. The van der Waals surface area contributed by atoms with Gasteiger partial charge in [-0.25, -0.2) is 4.99 Å². The van der Waals surface area contributed by atoms with Crippen LogP contribution in [0.1, 0.15) is 21.7 Å². The highest BCUT2D eigenvalue weighted by molar-refractivity contribution is 8.18. The lowest BCUT2D eigenvalue weighted by molar-refractivity contribution is -0.255. The summed E-state index contributed by atoms with van der Waals surface area (Å²) in [7, 11) is 0. The van der Waals surface area contributed by atoms with Crippen LogP contribution in [0.3, 0.4) is 0 Å². The molecular weight excluding hydrogens is 388 g/mol. The number of rotatable bonds is 4. The Labute approximate surface area is 171 Å². The number of carbonyl (C=O) groups excluding carboxylic acids is 2. The number of hydrogen-bond donors (Lipinski definition) is 1. The molecule has 0 aliphatic carbocycles. The van der Waals surface area contributed by atoms with Crippen LogP contribution < -0.4 is 10.4 Å². The Hall–Kier alpha value is -3.58. The number of carbonyl (C=O) groups is 2. The summed E-state index contributed by atoms with van der Waals surface area (Å²) in [5.74, 6) is -0.386. The molecule has 1 saturated heterocycles. The van der Waals surface area contributed by atoms with E-state index in [2.05, 4.69) is 10.3 Å². The second-order valence-electron chi connectivity index (χ2n) is 6.38. The molecule has 1 fully saturated rings. The van der Waals surface area contributed by atoms with E-state index in [4.69, 9.17) is 4.42 Å². The molecule has 1 aliphatic rings. The van der Waals surface area contributed by atoms with Crippen LogP contribution in [0.15, 0.2) is 75.0 Å². The zero-order chi connectivity index (χ0) is 20.4. The van der Waals surface area contributed by atoms with Crippen LogP contribution in [0.25, 0.3) is 17.4 Å². The maximum Gasteiger partial charge on any atom is 0.264 e. The number of hydrogen-bond acceptors (Lipinski definition) is 6. The Balaban J connectivity index is 1.52. The number of aryl methyl sites for hydroxylation is 1. The van der Waals surface area contributed by atoms with Gasteiger partial charge >= 0.3 is 0 Å². The third-order valence-electron chi connectivity index (χ3n) is 4.22. The second-order valence-corrected chi connectivity index (χ2v) is 7.41. The van der Waals surface area contributed by atoms with E-state index in [-0.39, 0.29) is 11.5 Å². The van der Waals surface area contributed by atoms with Crippen LogP contribution in [0.4, 0.5) is 5.69 Å². The van der Waals surface area contributed by atoms with Gasteiger partial charge in [-0.1, -0.05) is 42.0 Å². The Morgan fingerprint density at radius 2 is 1.79 bits per heavy atom. The molecule has 144 valence electrons. The molecule has 1 amide bonds. The first-order valence-electron chi connectivity index (χ1n) is 8.76. The molecule has 2 aromatic carbocycles. The zero-order valence-electron chi connectivity index (χ0n) is 15.3. The van der Waals surface area contributed by atoms with Crippen molar-refractivity contribution in [2.45, 2.75) is 6.92 Å². The third-order valence-corrected chi connectivity index (χ3v) is 5.13. The number of aromatic carboxylic acids is 1.